The third-order valence-corrected chi connectivity index (χ3v) is 3.77. The topological polar surface area (TPSA) is 47.1 Å². The molecule has 5 heteroatoms. The largest absolute Gasteiger partial charge is 0.355 e. The number of aromatic nitrogens is 2. The summed E-state index contributed by atoms with van der Waals surface area (Å²) in [5.41, 5.74) is 8.05. The second kappa shape index (κ2) is 4.45. The summed E-state index contributed by atoms with van der Waals surface area (Å²) in [6.07, 6.45) is 0. The Hall–Kier alpha value is -0.680. The summed E-state index contributed by atoms with van der Waals surface area (Å²) < 4.78 is 1.97. The Kier molecular flexibility index (Phi) is 3.21. The van der Waals surface area contributed by atoms with Crippen molar-refractivity contribution < 1.29 is 0 Å². The van der Waals surface area contributed by atoms with Crippen LogP contribution in [0, 0.1) is 6.92 Å². The van der Waals surface area contributed by atoms with Gasteiger partial charge in [0.25, 0.3) is 0 Å². The zero-order chi connectivity index (χ0) is 10.8. The number of nitrogens with zero attached hydrogens (tertiary/aromatic N) is 3. The second-order valence-corrected chi connectivity index (χ2v) is 5.04. The van der Waals surface area contributed by atoms with Crippen LogP contribution in [0.2, 0.25) is 0 Å². The Labute approximate surface area is 94.8 Å². The van der Waals surface area contributed by atoms with Crippen LogP contribution >= 0.6 is 11.8 Å². The van der Waals surface area contributed by atoms with Gasteiger partial charge in [-0.1, -0.05) is 0 Å². The SMILES string of the molecule is Cc1nn(C)c(N2CCSCC2)c1CN. The van der Waals surface area contributed by atoms with E-state index in [1.165, 1.54) is 22.9 Å². The molecule has 1 aliphatic rings. The molecular weight excluding hydrogens is 208 g/mol. The van der Waals surface area contributed by atoms with Crippen molar-refractivity contribution in [3.63, 3.8) is 0 Å². The summed E-state index contributed by atoms with van der Waals surface area (Å²) in [7, 11) is 2.00. The summed E-state index contributed by atoms with van der Waals surface area (Å²) in [5.74, 6) is 3.62. The molecule has 2 N–H and O–H groups in total. The fraction of sp³-hybridized carbons (Fsp3) is 0.700. The molecule has 2 rings (SSSR count). The predicted octanol–water partition coefficient (Wildman–Crippen LogP) is 0.740. The van der Waals surface area contributed by atoms with Crippen molar-refractivity contribution in [3.8, 4) is 0 Å². The lowest BCUT2D eigenvalue weighted by molar-refractivity contribution is 0.712. The van der Waals surface area contributed by atoms with Crippen molar-refractivity contribution in [2.24, 2.45) is 12.8 Å². The molecule has 1 saturated heterocycles. The minimum absolute atomic E-state index is 0.582. The third-order valence-electron chi connectivity index (χ3n) is 2.83. The van der Waals surface area contributed by atoms with E-state index >= 15 is 0 Å². The molecule has 15 heavy (non-hydrogen) atoms. The molecule has 0 aromatic carbocycles. The molecule has 0 saturated carbocycles. The van der Waals surface area contributed by atoms with Crippen LogP contribution in [-0.4, -0.2) is 34.4 Å². The van der Waals surface area contributed by atoms with Crippen LogP contribution in [0.4, 0.5) is 5.82 Å². The molecule has 1 aromatic rings. The van der Waals surface area contributed by atoms with Gasteiger partial charge in [-0.25, -0.2) is 0 Å². The first-order valence-electron chi connectivity index (χ1n) is 5.29. The van der Waals surface area contributed by atoms with Gasteiger partial charge in [0.1, 0.15) is 5.82 Å². The van der Waals surface area contributed by atoms with Gasteiger partial charge in [-0.15, -0.1) is 0 Å². The van der Waals surface area contributed by atoms with Gasteiger partial charge >= 0.3 is 0 Å². The van der Waals surface area contributed by atoms with Crippen molar-refractivity contribution >= 4 is 17.6 Å². The first-order valence-corrected chi connectivity index (χ1v) is 6.44. The summed E-state index contributed by atoms with van der Waals surface area (Å²) in [4.78, 5) is 2.40. The van der Waals surface area contributed by atoms with Crippen LogP contribution in [0.3, 0.4) is 0 Å². The fourth-order valence-electron chi connectivity index (χ4n) is 2.10. The molecule has 0 radical (unpaired) electrons. The smallest absolute Gasteiger partial charge is 0.131 e. The number of thioether (sulfide) groups is 1. The van der Waals surface area contributed by atoms with Crippen molar-refractivity contribution in [2.75, 3.05) is 29.5 Å². The maximum Gasteiger partial charge on any atom is 0.131 e. The van der Waals surface area contributed by atoms with E-state index in [2.05, 4.69) is 10.00 Å². The van der Waals surface area contributed by atoms with E-state index in [-0.39, 0.29) is 0 Å². The highest BCUT2D eigenvalue weighted by Crippen LogP contribution is 2.25. The lowest BCUT2D eigenvalue weighted by Gasteiger charge is -2.29. The lowest BCUT2D eigenvalue weighted by Crippen LogP contribution is -2.34. The molecule has 0 unspecified atom stereocenters. The average molecular weight is 226 g/mol. The fourth-order valence-corrected chi connectivity index (χ4v) is 3.00. The Morgan fingerprint density at radius 3 is 2.67 bits per heavy atom. The normalized spacial score (nSPS) is 17.1. The van der Waals surface area contributed by atoms with Gasteiger partial charge in [-0.3, -0.25) is 4.68 Å². The Bertz CT molecular complexity index is 341. The monoisotopic (exact) mass is 226 g/mol. The van der Waals surface area contributed by atoms with Gasteiger partial charge in [0.05, 0.1) is 5.69 Å². The molecule has 0 atom stereocenters. The van der Waals surface area contributed by atoms with E-state index in [0.717, 1.165) is 18.8 Å². The molecule has 2 heterocycles. The highest BCUT2D eigenvalue weighted by molar-refractivity contribution is 7.99. The number of anilines is 1. The molecule has 1 fully saturated rings. The standard InChI is InChI=1S/C10H18N4S/c1-8-9(7-11)10(13(2)12-8)14-3-5-15-6-4-14/h3-7,11H2,1-2H3. The van der Waals surface area contributed by atoms with Crippen molar-refractivity contribution in [3.05, 3.63) is 11.3 Å². The first kappa shape index (κ1) is 10.8. The quantitative estimate of drug-likeness (QED) is 0.808. The van der Waals surface area contributed by atoms with Gasteiger partial charge < -0.3 is 10.6 Å². The second-order valence-electron chi connectivity index (χ2n) is 3.81. The van der Waals surface area contributed by atoms with Gasteiger partial charge in [-0.05, 0) is 6.92 Å². The first-order chi connectivity index (χ1) is 7.24. The Morgan fingerprint density at radius 1 is 1.40 bits per heavy atom. The molecule has 0 amide bonds. The molecule has 1 aliphatic heterocycles. The highest BCUT2D eigenvalue weighted by Gasteiger charge is 2.19. The maximum absolute atomic E-state index is 5.79. The van der Waals surface area contributed by atoms with E-state index in [1.54, 1.807) is 0 Å². The van der Waals surface area contributed by atoms with Crippen molar-refractivity contribution in [1.82, 2.24) is 9.78 Å². The van der Waals surface area contributed by atoms with Crippen molar-refractivity contribution in [1.29, 1.82) is 0 Å². The van der Waals surface area contributed by atoms with Gasteiger partial charge in [-0.2, -0.15) is 16.9 Å². The van der Waals surface area contributed by atoms with E-state index in [1.807, 2.05) is 30.4 Å². The Morgan fingerprint density at radius 2 is 2.07 bits per heavy atom. The van der Waals surface area contributed by atoms with Crippen LogP contribution in [0.25, 0.3) is 0 Å². The Balaban J connectivity index is 2.32. The van der Waals surface area contributed by atoms with E-state index in [4.69, 9.17) is 5.73 Å². The van der Waals surface area contributed by atoms with Gasteiger partial charge in [0, 0.05) is 43.8 Å². The lowest BCUT2D eigenvalue weighted by atomic mass is 10.2. The van der Waals surface area contributed by atoms with Crippen LogP contribution in [0.5, 0.6) is 0 Å². The van der Waals surface area contributed by atoms with Gasteiger partial charge in [0.15, 0.2) is 0 Å². The predicted molar refractivity (Wildman–Crippen MR) is 65.4 cm³/mol. The number of rotatable bonds is 2. The summed E-state index contributed by atoms with van der Waals surface area (Å²) in [6.45, 7) is 4.83. The zero-order valence-corrected chi connectivity index (χ0v) is 10.2. The zero-order valence-electron chi connectivity index (χ0n) is 9.36. The minimum atomic E-state index is 0.582. The van der Waals surface area contributed by atoms with Gasteiger partial charge in [0.2, 0.25) is 0 Å². The van der Waals surface area contributed by atoms with E-state index in [9.17, 15) is 0 Å². The molecule has 0 aliphatic carbocycles. The molecule has 0 bridgehead atoms. The number of nitrogens with two attached hydrogens (primary N) is 1. The van der Waals surface area contributed by atoms with Crippen LogP contribution in [0.1, 0.15) is 11.3 Å². The number of hydrogen-bond donors (Lipinski definition) is 1. The minimum Gasteiger partial charge on any atom is -0.355 e. The average Bonchev–Trinajstić information content (AvgIpc) is 2.54. The van der Waals surface area contributed by atoms with Crippen molar-refractivity contribution in [2.45, 2.75) is 13.5 Å². The van der Waals surface area contributed by atoms with E-state index < -0.39 is 0 Å². The van der Waals surface area contributed by atoms with Crippen LogP contribution < -0.4 is 10.6 Å². The number of hydrogen-bond acceptors (Lipinski definition) is 4. The molecule has 4 nitrogen and oxygen atoms in total. The molecule has 0 spiro atoms. The molecule has 84 valence electrons. The molecule has 1 aromatic heterocycles. The summed E-state index contributed by atoms with van der Waals surface area (Å²) in [6, 6.07) is 0. The van der Waals surface area contributed by atoms with Crippen LogP contribution in [-0.2, 0) is 13.6 Å². The summed E-state index contributed by atoms with van der Waals surface area (Å²) in [5, 5.41) is 4.45. The van der Waals surface area contributed by atoms with E-state index in [0.29, 0.717) is 6.54 Å². The van der Waals surface area contributed by atoms with Crippen LogP contribution in [0.15, 0.2) is 0 Å². The number of aryl methyl sites for hydroxylation is 2. The highest BCUT2D eigenvalue weighted by atomic mass is 32.2. The summed E-state index contributed by atoms with van der Waals surface area (Å²) >= 11 is 2.02. The maximum atomic E-state index is 5.79. The molecular formula is C10H18N4S. The third kappa shape index (κ3) is 1.99.